The van der Waals surface area contributed by atoms with E-state index in [-0.39, 0.29) is 28.6 Å². The second-order valence-electron chi connectivity index (χ2n) is 8.02. The number of nitrogens with two attached hydrogens (primary N) is 1. The van der Waals surface area contributed by atoms with Crippen molar-refractivity contribution in [1.29, 1.82) is 0 Å². The standard InChI is InChI=1S/C26H21F2N5O2/c1-14-9-16(35-24-6-4-3-5-18(24)27)7-8-23(14)33-26(29)17(13-31-33)25(34)22-11-15-10-19(28)21(30-2)12-20(15)32-22/h3-13,30,32H,29H2,1-2H3. The topological polar surface area (TPSA) is 98.0 Å². The molecule has 0 radical (unpaired) electrons. The number of benzene rings is 3. The van der Waals surface area contributed by atoms with Crippen molar-refractivity contribution < 1.29 is 18.3 Å². The second kappa shape index (κ2) is 8.60. The number of H-pyrrole nitrogens is 1. The molecule has 0 spiro atoms. The Balaban J connectivity index is 1.44. The van der Waals surface area contributed by atoms with Crippen LogP contribution >= 0.6 is 0 Å². The summed E-state index contributed by atoms with van der Waals surface area (Å²) in [4.78, 5) is 16.2. The molecule has 5 aromatic rings. The summed E-state index contributed by atoms with van der Waals surface area (Å²) in [6.45, 7) is 1.83. The molecule has 0 fully saturated rings. The molecule has 0 unspecified atom stereocenters. The van der Waals surface area contributed by atoms with Crippen LogP contribution in [-0.2, 0) is 0 Å². The number of hydrogen-bond donors (Lipinski definition) is 3. The van der Waals surface area contributed by atoms with Crippen molar-refractivity contribution in [1.82, 2.24) is 14.8 Å². The summed E-state index contributed by atoms with van der Waals surface area (Å²) in [5.41, 5.74) is 9.11. The molecule has 0 aliphatic heterocycles. The number of nitrogens with one attached hydrogen (secondary N) is 2. The van der Waals surface area contributed by atoms with E-state index in [1.54, 1.807) is 55.6 Å². The lowest BCUT2D eigenvalue weighted by molar-refractivity contribution is 0.103. The molecule has 0 saturated carbocycles. The number of anilines is 2. The number of para-hydroxylation sites is 1. The molecule has 176 valence electrons. The maximum Gasteiger partial charge on any atom is 0.214 e. The molecule has 35 heavy (non-hydrogen) atoms. The number of halogens is 2. The van der Waals surface area contributed by atoms with Crippen LogP contribution in [0, 0.1) is 18.6 Å². The highest BCUT2D eigenvalue weighted by molar-refractivity contribution is 6.12. The lowest BCUT2D eigenvalue weighted by atomic mass is 10.1. The van der Waals surface area contributed by atoms with Gasteiger partial charge in [0, 0.05) is 18.0 Å². The van der Waals surface area contributed by atoms with E-state index < -0.39 is 11.6 Å². The van der Waals surface area contributed by atoms with E-state index in [2.05, 4.69) is 15.4 Å². The third-order valence-electron chi connectivity index (χ3n) is 5.73. The zero-order valence-electron chi connectivity index (χ0n) is 18.9. The van der Waals surface area contributed by atoms with Crippen molar-refractivity contribution in [2.75, 3.05) is 18.1 Å². The van der Waals surface area contributed by atoms with Crippen LogP contribution in [0.25, 0.3) is 16.6 Å². The molecule has 2 aromatic heterocycles. The summed E-state index contributed by atoms with van der Waals surface area (Å²) >= 11 is 0. The van der Waals surface area contributed by atoms with Gasteiger partial charge in [0.15, 0.2) is 11.6 Å². The van der Waals surface area contributed by atoms with Crippen molar-refractivity contribution in [3.05, 3.63) is 95.3 Å². The lowest BCUT2D eigenvalue weighted by Gasteiger charge is -2.12. The minimum absolute atomic E-state index is 0.117. The monoisotopic (exact) mass is 473 g/mol. The number of ketones is 1. The maximum atomic E-state index is 14.1. The largest absolute Gasteiger partial charge is 0.454 e. The Bertz CT molecular complexity index is 1590. The first-order valence-corrected chi connectivity index (χ1v) is 10.8. The van der Waals surface area contributed by atoms with Gasteiger partial charge in [-0.1, -0.05) is 12.1 Å². The Morgan fingerprint density at radius 3 is 2.63 bits per heavy atom. The van der Waals surface area contributed by atoms with E-state index in [1.165, 1.54) is 23.0 Å². The molecule has 4 N–H and O–H groups in total. The molecule has 3 aromatic carbocycles. The van der Waals surface area contributed by atoms with Crippen molar-refractivity contribution in [3.8, 4) is 17.2 Å². The molecular weight excluding hydrogens is 452 g/mol. The summed E-state index contributed by atoms with van der Waals surface area (Å²) in [7, 11) is 1.62. The van der Waals surface area contributed by atoms with Crippen LogP contribution in [0.5, 0.6) is 11.5 Å². The molecule has 0 saturated heterocycles. The van der Waals surface area contributed by atoms with E-state index in [1.807, 2.05) is 6.92 Å². The normalized spacial score (nSPS) is 11.1. The molecule has 7 nitrogen and oxygen atoms in total. The maximum absolute atomic E-state index is 14.1. The number of carbonyl (C=O) groups excluding carboxylic acids is 1. The van der Waals surface area contributed by atoms with E-state index >= 15 is 0 Å². The van der Waals surface area contributed by atoms with Gasteiger partial charge in [-0.3, -0.25) is 4.79 Å². The average molecular weight is 473 g/mol. The van der Waals surface area contributed by atoms with Gasteiger partial charge in [-0.25, -0.2) is 13.5 Å². The zero-order chi connectivity index (χ0) is 24.7. The Kier molecular flexibility index (Phi) is 5.44. The third kappa shape index (κ3) is 3.97. The Morgan fingerprint density at radius 2 is 1.89 bits per heavy atom. The van der Waals surface area contributed by atoms with Crippen molar-refractivity contribution in [3.63, 3.8) is 0 Å². The fraction of sp³-hybridized carbons (Fsp3) is 0.0769. The summed E-state index contributed by atoms with van der Waals surface area (Å²) in [6, 6.07) is 15.8. The Labute approximate surface area is 199 Å². The average Bonchev–Trinajstić information content (AvgIpc) is 3.43. The SMILES string of the molecule is CNc1cc2[nH]c(C(=O)c3cnn(-c4ccc(Oc5ccccc5F)cc4C)c3N)cc2cc1F. The number of carbonyl (C=O) groups is 1. The number of hydrogen-bond acceptors (Lipinski definition) is 5. The molecule has 0 aliphatic carbocycles. The number of nitrogens with zero attached hydrogens (tertiary/aromatic N) is 2. The molecular formula is C26H21F2N5O2. The van der Waals surface area contributed by atoms with Gasteiger partial charge in [-0.2, -0.15) is 5.10 Å². The first-order chi connectivity index (χ1) is 16.9. The molecule has 9 heteroatoms. The van der Waals surface area contributed by atoms with Crippen LogP contribution < -0.4 is 15.8 Å². The van der Waals surface area contributed by atoms with Gasteiger partial charge in [0.05, 0.1) is 28.8 Å². The van der Waals surface area contributed by atoms with Crippen molar-refractivity contribution >= 4 is 28.2 Å². The minimum Gasteiger partial charge on any atom is -0.454 e. The summed E-state index contributed by atoms with van der Waals surface area (Å²) in [6.07, 6.45) is 1.39. The first kappa shape index (κ1) is 22.1. The number of aromatic nitrogens is 3. The molecule has 0 aliphatic rings. The quantitative estimate of drug-likeness (QED) is 0.280. The molecule has 2 heterocycles. The third-order valence-corrected chi connectivity index (χ3v) is 5.73. The molecule has 0 atom stereocenters. The number of fused-ring (bicyclic) bond motifs is 1. The second-order valence-corrected chi connectivity index (χ2v) is 8.02. The van der Waals surface area contributed by atoms with Crippen LogP contribution in [0.4, 0.5) is 20.3 Å². The highest BCUT2D eigenvalue weighted by atomic mass is 19.1. The van der Waals surface area contributed by atoms with E-state index in [4.69, 9.17) is 10.5 Å². The van der Waals surface area contributed by atoms with Gasteiger partial charge >= 0.3 is 0 Å². The highest BCUT2D eigenvalue weighted by Crippen LogP contribution is 2.30. The van der Waals surface area contributed by atoms with E-state index in [9.17, 15) is 13.6 Å². The smallest absolute Gasteiger partial charge is 0.214 e. The summed E-state index contributed by atoms with van der Waals surface area (Å²) in [5, 5.41) is 7.64. The molecule has 5 rings (SSSR count). The predicted octanol–water partition coefficient (Wildman–Crippen LogP) is 5.59. The van der Waals surface area contributed by atoms with Crippen molar-refractivity contribution in [2.24, 2.45) is 0 Å². The minimum atomic E-state index is -0.462. The van der Waals surface area contributed by atoms with Gasteiger partial charge < -0.3 is 20.8 Å². The summed E-state index contributed by atoms with van der Waals surface area (Å²) < 4.78 is 35.1. The van der Waals surface area contributed by atoms with Crippen LogP contribution in [0.3, 0.4) is 0 Å². The van der Waals surface area contributed by atoms with Crippen LogP contribution in [-0.4, -0.2) is 27.6 Å². The number of aromatic amines is 1. The van der Waals surface area contributed by atoms with E-state index in [0.29, 0.717) is 28.0 Å². The van der Waals surface area contributed by atoms with Crippen LogP contribution in [0.15, 0.2) is 66.9 Å². The van der Waals surface area contributed by atoms with Crippen LogP contribution in [0.1, 0.15) is 21.6 Å². The number of nitrogen functional groups attached to an aromatic ring is 1. The first-order valence-electron chi connectivity index (χ1n) is 10.8. The Hall–Kier alpha value is -4.66. The van der Waals surface area contributed by atoms with Crippen LogP contribution in [0.2, 0.25) is 0 Å². The Morgan fingerprint density at radius 1 is 1.09 bits per heavy atom. The van der Waals surface area contributed by atoms with Crippen molar-refractivity contribution in [2.45, 2.75) is 6.92 Å². The fourth-order valence-corrected chi connectivity index (χ4v) is 3.92. The fourth-order valence-electron chi connectivity index (χ4n) is 3.92. The highest BCUT2D eigenvalue weighted by Gasteiger charge is 2.21. The number of rotatable bonds is 6. The van der Waals surface area contributed by atoms with E-state index in [0.717, 1.165) is 5.56 Å². The predicted molar refractivity (Wildman–Crippen MR) is 130 cm³/mol. The van der Waals surface area contributed by atoms with Gasteiger partial charge in [0.1, 0.15) is 17.4 Å². The zero-order valence-corrected chi connectivity index (χ0v) is 18.9. The van der Waals surface area contributed by atoms with Gasteiger partial charge in [0.2, 0.25) is 5.78 Å². The van der Waals surface area contributed by atoms with Gasteiger partial charge in [-0.15, -0.1) is 0 Å². The number of ether oxygens (including phenoxy) is 1. The van der Waals surface area contributed by atoms with Gasteiger partial charge in [-0.05, 0) is 61.0 Å². The lowest BCUT2D eigenvalue weighted by Crippen LogP contribution is -2.08. The molecule has 0 amide bonds. The summed E-state index contributed by atoms with van der Waals surface area (Å²) in [5.74, 6) is -0.523. The number of aryl methyl sites for hydroxylation is 1. The van der Waals surface area contributed by atoms with Gasteiger partial charge in [0.25, 0.3) is 0 Å². The molecule has 0 bridgehead atoms.